The van der Waals surface area contributed by atoms with Gasteiger partial charge in [-0.25, -0.2) is 14.1 Å². The molecule has 0 saturated heterocycles. The van der Waals surface area contributed by atoms with Crippen LogP contribution in [-0.4, -0.2) is 17.1 Å². The Morgan fingerprint density at radius 3 is 2.70 bits per heavy atom. The van der Waals surface area contributed by atoms with Crippen LogP contribution in [0.25, 0.3) is 11.6 Å². The summed E-state index contributed by atoms with van der Waals surface area (Å²) in [7, 11) is 0. The molecule has 0 spiro atoms. The summed E-state index contributed by atoms with van der Waals surface area (Å²) in [6, 6.07) is 8.80. The number of halogens is 2. The molecule has 0 saturated carbocycles. The molecule has 3 rings (SSSR count). The van der Waals surface area contributed by atoms with Crippen LogP contribution in [0.3, 0.4) is 0 Å². The highest BCUT2D eigenvalue weighted by atomic mass is 35.5. The van der Waals surface area contributed by atoms with Gasteiger partial charge >= 0.3 is 6.09 Å². The Bertz CT molecular complexity index is 876. The lowest BCUT2D eigenvalue weighted by atomic mass is 10.0. The number of imide groups is 1. The van der Waals surface area contributed by atoms with Crippen LogP contribution in [-0.2, 0) is 4.79 Å². The van der Waals surface area contributed by atoms with Crippen molar-refractivity contribution in [1.82, 2.24) is 0 Å². The number of carbonyl (C=O) groups excluding carboxylic acids is 1. The summed E-state index contributed by atoms with van der Waals surface area (Å²) < 4.78 is 13.4. The number of aryl methyl sites for hydroxylation is 1. The van der Waals surface area contributed by atoms with Gasteiger partial charge in [0, 0.05) is 10.6 Å². The van der Waals surface area contributed by atoms with E-state index in [0.29, 0.717) is 21.0 Å². The highest BCUT2D eigenvalue weighted by molar-refractivity contribution is 6.42. The smallest absolute Gasteiger partial charge is 0.419 e. The fourth-order valence-electron chi connectivity index (χ4n) is 2.51. The molecule has 2 amide bonds. The third kappa shape index (κ3) is 2.59. The molecule has 1 N–H and O–H groups in total. The molecular weight excluding hydrogens is 321 g/mol. The number of benzene rings is 2. The van der Waals surface area contributed by atoms with E-state index in [1.807, 2.05) is 0 Å². The number of nitrogens with zero attached hydrogens (tertiary/aromatic N) is 1. The number of fused-ring (bicyclic) bond motifs is 1. The minimum Gasteiger partial charge on any atom is -0.464 e. The van der Waals surface area contributed by atoms with Gasteiger partial charge in [-0.3, -0.25) is 4.79 Å². The van der Waals surface area contributed by atoms with Crippen molar-refractivity contribution in [3.63, 3.8) is 0 Å². The third-order valence-corrected chi connectivity index (χ3v) is 3.89. The fraction of sp³-hybridized carbons (Fsp3) is 0.0588. The van der Waals surface area contributed by atoms with Crippen molar-refractivity contribution >= 4 is 40.9 Å². The molecule has 0 bridgehead atoms. The van der Waals surface area contributed by atoms with E-state index in [-0.39, 0.29) is 11.3 Å². The van der Waals surface area contributed by atoms with Crippen molar-refractivity contribution in [2.24, 2.45) is 0 Å². The molecule has 1 heterocycles. The fourth-order valence-corrected chi connectivity index (χ4v) is 2.68. The number of hydrogen-bond acceptors (Lipinski definition) is 2. The molecule has 0 radical (unpaired) electrons. The Balaban J connectivity index is 2.21. The van der Waals surface area contributed by atoms with E-state index < -0.39 is 17.8 Å². The van der Waals surface area contributed by atoms with Gasteiger partial charge in [0.25, 0.3) is 5.91 Å². The Kier molecular flexibility index (Phi) is 3.66. The summed E-state index contributed by atoms with van der Waals surface area (Å²) in [5, 5.41) is 9.60. The van der Waals surface area contributed by atoms with Crippen LogP contribution in [0.4, 0.5) is 14.9 Å². The van der Waals surface area contributed by atoms with Gasteiger partial charge in [0.2, 0.25) is 0 Å². The number of amides is 2. The maximum atomic E-state index is 13.4. The lowest BCUT2D eigenvalue weighted by Crippen LogP contribution is -2.31. The van der Waals surface area contributed by atoms with Gasteiger partial charge in [0.05, 0.1) is 11.3 Å². The molecule has 2 aromatic carbocycles. The van der Waals surface area contributed by atoms with Gasteiger partial charge in [-0.15, -0.1) is 0 Å². The zero-order chi connectivity index (χ0) is 16.7. The predicted octanol–water partition coefficient (Wildman–Crippen LogP) is 4.35. The Hall–Kier alpha value is -2.66. The second kappa shape index (κ2) is 5.52. The first-order valence-corrected chi connectivity index (χ1v) is 7.11. The molecule has 1 aliphatic rings. The average molecular weight is 332 g/mol. The monoisotopic (exact) mass is 331 g/mol. The van der Waals surface area contributed by atoms with Crippen LogP contribution in [0.2, 0.25) is 5.02 Å². The van der Waals surface area contributed by atoms with E-state index in [4.69, 9.17) is 11.6 Å². The van der Waals surface area contributed by atoms with E-state index in [0.717, 1.165) is 5.56 Å². The van der Waals surface area contributed by atoms with Crippen LogP contribution in [0.1, 0.15) is 16.7 Å². The standard InChI is InChI=1S/C17H11ClFNO3/c1-9-2-4-12(19)6-10(9)7-14-13-5-3-11(18)8-15(13)20(16(14)21)17(22)23/h2-8H,1H3,(H,22,23). The first-order valence-electron chi connectivity index (χ1n) is 6.73. The summed E-state index contributed by atoms with van der Waals surface area (Å²) in [6.45, 7) is 1.78. The van der Waals surface area contributed by atoms with Crippen molar-refractivity contribution in [1.29, 1.82) is 0 Å². The number of carboxylic acid groups (broad SMARTS) is 1. The summed E-state index contributed by atoms with van der Waals surface area (Å²) >= 11 is 5.90. The quantitative estimate of drug-likeness (QED) is 0.790. The van der Waals surface area contributed by atoms with E-state index in [1.165, 1.54) is 24.3 Å². The molecule has 4 nitrogen and oxygen atoms in total. The molecule has 23 heavy (non-hydrogen) atoms. The van der Waals surface area contributed by atoms with E-state index >= 15 is 0 Å². The summed E-state index contributed by atoms with van der Waals surface area (Å²) in [5.41, 5.74) is 2.13. The van der Waals surface area contributed by atoms with Crippen molar-refractivity contribution < 1.29 is 19.1 Å². The zero-order valence-electron chi connectivity index (χ0n) is 12.0. The third-order valence-electron chi connectivity index (χ3n) is 3.66. The molecule has 0 fully saturated rings. The molecule has 2 aromatic rings. The SMILES string of the molecule is Cc1ccc(F)cc1C=C1C(=O)N(C(=O)O)c2cc(Cl)ccc21. The zero-order valence-corrected chi connectivity index (χ0v) is 12.8. The Morgan fingerprint density at radius 1 is 1.26 bits per heavy atom. The first kappa shape index (κ1) is 15.2. The van der Waals surface area contributed by atoms with Gasteiger partial charge in [-0.1, -0.05) is 23.7 Å². The Morgan fingerprint density at radius 2 is 2.00 bits per heavy atom. The van der Waals surface area contributed by atoms with Crippen LogP contribution >= 0.6 is 11.6 Å². The number of rotatable bonds is 1. The predicted molar refractivity (Wildman–Crippen MR) is 86.0 cm³/mol. The summed E-state index contributed by atoms with van der Waals surface area (Å²) in [6.07, 6.45) is 0.106. The molecular formula is C17H11ClFNO3. The van der Waals surface area contributed by atoms with Gasteiger partial charge in [-0.2, -0.15) is 0 Å². The number of carbonyl (C=O) groups is 2. The minimum atomic E-state index is -1.39. The maximum absolute atomic E-state index is 13.4. The largest absolute Gasteiger partial charge is 0.464 e. The summed E-state index contributed by atoms with van der Waals surface area (Å²) in [5.74, 6) is -1.11. The number of anilines is 1. The lowest BCUT2D eigenvalue weighted by molar-refractivity contribution is -0.112. The second-order valence-electron chi connectivity index (χ2n) is 5.14. The highest BCUT2D eigenvalue weighted by Gasteiger charge is 2.36. The van der Waals surface area contributed by atoms with Crippen LogP contribution in [0.15, 0.2) is 36.4 Å². The minimum absolute atomic E-state index is 0.188. The van der Waals surface area contributed by atoms with E-state index in [2.05, 4.69) is 0 Å². The molecule has 0 aromatic heterocycles. The van der Waals surface area contributed by atoms with Gasteiger partial charge in [-0.05, 0) is 48.4 Å². The molecule has 6 heteroatoms. The molecule has 0 atom stereocenters. The van der Waals surface area contributed by atoms with E-state index in [1.54, 1.807) is 25.1 Å². The number of hydrogen-bond donors (Lipinski definition) is 1. The normalized spacial score (nSPS) is 15.2. The van der Waals surface area contributed by atoms with Crippen molar-refractivity contribution in [3.05, 3.63) is 63.9 Å². The van der Waals surface area contributed by atoms with Gasteiger partial charge in [0.1, 0.15) is 5.82 Å². The average Bonchev–Trinajstić information content (AvgIpc) is 2.74. The topological polar surface area (TPSA) is 57.6 Å². The van der Waals surface area contributed by atoms with Crippen molar-refractivity contribution in [3.8, 4) is 0 Å². The highest BCUT2D eigenvalue weighted by Crippen LogP contribution is 2.39. The molecule has 1 aliphatic heterocycles. The van der Waals surface area contributed by atoms with Crippen molar-refractivity contribution in [2.75, 3.05) is 4.90 Å². The van der Waals surface area contributed by atoms with Crippen LogP contribution in [0, 0.1) is 12.7 Å². The second-order valence-corrected chi connectivity index (χ2v) is 5.58. The van der Waals surface area contributed by atoms with Crippen LogP contribution in [0.5, 0.6) is 0 Å². The first-order chi connectivity index (χ1) is 10.9. The van der Waals surface area contributed by atoms with Gasteiger partial charge in [0.15, 0.2) is 0 Å². The summed E-state index contributed by atoms with van der Waals surface area (Å²) in [4.78, 5) is 24.5. The van der Waals surface area contributed by atoms with Crippen molar-refractivity contribution in [2.45, 2.75) is 6.92 Å². The van der Waals surface area contributed by atoms with Gasteiger partial charge < -0.3 is 5.11 Å². The molecule has 0 unspecified atom stereocenters. The van der Waals surface area contributed by atoms with Crippen LogP contribution < -0.4 is 4.90 Å². The Labute approximate surface area is 136 Å². The lowest BCUT2D eigenvalue weighted by Gasteiger charge is -2.09. The van der Waals surface area contributed by atoms with E-state index in [9.17, 15) is 19.1 Å². The molecule has 116 valence electrons. The molecule has 0 aliphatic carbocycles. The maximum Gasteiger partial charge on any atom is 0.419 e.